The number of aromatic nitrogens is 2. The van der Waals surface area contributed by atoms with E-state index in [0.29, 0.717) is 0 Å². The molecule has 17 heavy (non-hydrogen) atoms. The summed E-state index contributed by atoms with van der Waals surface area (Å²) in [6.07, 6.45) is 0. The zero-order valence-corrected chi connectivity index (χ0v) is 10.6. The van der Waals surface area contributed by atoms with Crippen molar-refractivity contribution < 1.29 is 0 Å². The highest BCUT2D eigenvalue weighted by Crippen LogP contribution is 2.20. The quantitative estimate of drug-likeness (QED) is 0.879. The topological polar surface area (TPSA) is 43.8 Å². The van der Waals surface area contributed by atoms with Crippen LogP contribution in [-0.4, -0.2) is 9.78 Å². The maximum absolute atomic E-state index is 5.97. The number of rotatable bonds is 3. The van der Waals surface area contributed by atoms with Gasteiger partial charge < -0.3 is 5.73 Å². The van der Waals surface area contributed by atoms with Crippen molar-refractivity contribution in [2.75, 3.05) is 0 Å². The lowest BCUT2D eigenvalue weighted by Gasteiger charge is -2.07. The largest absolute Gasteiger partial charge is 0.324 e. The minimum Gasteiger partial charge on any atom is -0.324 e. The van der Waals surface area contributed by atoms with Gasteiger partial charge in [-0.2, -0.15) is 5.10 Å². The van der Waals surface area contributed by atoms with E-state index in [-0.39, 0.29) is 6.04 Å². The van der Waals surface area contributed by atoms with Gasteiger partial charge in [-0.15, -0.1) is 0 Å². The Morgan fingerprint density at radius 3 is 2.41 bits per heavy atom. The molecule has 3 nitrogen and oxygen atoms in total. The Kier molecular flexibility index (Phi) is 3.29. The fourth-order valence-electron chi connectivity index (χ4n) is 2.28. The van der Waals surface area contributed by atoms with Gasteiger partial charge >= 0.3 is 0 Å². The molecule has 0 aliphatic carbocycles. The smallest absolute Gasteiger partial charge is 0.0662 e. The molecule has 0 radical (unpaired) electrons. The second-order valence-electron chi connectivity index (χ2n) is 4.52. The average molecular weight is 229 g/mol. The van der Waals surface area contributed by atoms with Crippen molar-refractivity contribution in [3.05, 3.63) is 52.8 Å². The van der Waals surface area contributed by atoms with E-state index < -0.39 is 0 Å². The van der Waals surface area contributed by atoms with Gasteiger partial charge in [0, 0.05) is 17.3 Å². The van der Waals surface area contributed by atoms with Gasteiger partial charge in [0.1, 0.15) is 0 Å². The molecular formula is C14H19N3. The molecule has 2 N–H and O–H groups in total. The Hall–Kier alpha value is -1.61. The summed E-state index contributed by atoms with van der Waals surface area (Å²) in [6.45, 7) is 6.92. The van der Waals surface area contributed by atoms with Crippen molar-refractivity contribution >= 4 is 0 Å². The van der Waals surface area contributed by atoms with Crippen LogP contribution in [0.25, 0.3) is 0 Å². The van der Waals surface area contributed by atoms with Crippen LogP contribution in [0.5, 0.6) is 0 Å². The minimum atomic E-state index is 0.0412. The highest BCUT2D eigenvalue weighted by Gasteiger charge is 2.14. The molecule has 0 saturated carbocycles. The van der Waals surface area contributed by atoms with E-state index in [4.69, 9.17) is 5.73 Å². The summed E-state index contributed by atoms with van der Waals surface area (Å²) < 4.78 is 2.03. The van der Waals surface area contributed by atoms with Crippen molar-refractivity contribution in [2.24, 2.45) is 5.73 Å². The number of hydrogen-bond donors (Lipinski definition) is 1. The lowest BCUT2D eigenvalue weighted by molar-refractivity contribution is 0.656. The Labute approximate surface area is 102 Å². The molecule has 90 valence electrons. The highest BCUT2D eigenvalue weighted by atomic mass is 15.3. The van der Waals surface area contributed by atoms with Crippen LogP contribution in [0, 0.1) is 13.8 Å². The Bertz CT molecular complexity index is 498. The second-order valence-corrected chi connectivity index (χ2v) is 4.52. The fraction of sp³-hybridized carbons (Fsp3) is 0.357. The molecule has 0 amide bonds. The summed E-state index contributed by atoms with van der Waals surface area (Å²) in [6, 6.07) is 10.4. The molecule has 2 aromatic rings. The summed E-state index contributed by atoms with van der Waals surface area (Å²) in [5.41, 5.74) is 10.6. The van der Waals surface area contributed by atoms with Crippen LogP contribution >= 0.6 is 0 Å². The van der Waals surface area contributed by atoms with Crippen LogP contribution in [0.3, 0.4) is 0 Å². The first-order chi connectivity index (χ1) is 8.09. The van der Waals surface area contributed by atoms with E-state index in [9.17, 15) is 0 Å². The Morgan fingerprint density at radius 1 is 1.24 bits per heavy atom. The molecule has 0 unspecified atom stereocenters. The maximum atomic E-state index is 5.97. The van der Waals surface area contributed by atoms with Gasteiger partial charge in [0.05, 0.1) is 12.2 Å². The number of nitrogens with two attached hydrogens (primary N) is 1. The first-order valence-corrected chi connectivity index (χ1v) is 5.93. The summed E-state index contributed by atoms with van der Waals surface area (Å²) in [5.74, 6) is 0. The lowest BCUT2D eigenvalue weighted by atomic mass is 10.1. The summed E-state index contributed by atoms with van der Waals surface area (Å²) in [4.78, 5) is 0. The van der Waals surface area contributed by atoms with Crippen LogP contribution in [0.15, 0.2) is 30.3 Å². The van der Waals surface area contributed by atoms with Crippen molar-refractivity contribution in [2.45, 2.75) is 33.4 Å². The monoisotopic (exact) mass is 229 g/mol. The lowest BCUT2D eigenvalue weighted by Crippen LogP contribution is -2.08. The molecule has 1 aromatic heterocycles. The third kappa shape index (κ3) is 2.39. The normalized spacial score (nSPS) is 12.7. The van der Waals surface area contributed by atoms with E-state index in [1.165, 1.54) is 16.8 Å². The molecule has 2 rings (SSSR count). The summed E-state index contributed by atoms with van der Waals surface area (Å²) in [7, 11) is 0. The number of aryl methyl sites for hydroxylation is 1. The van der Waals surface area contributed by atoms with Gasteiger partial charge in [-0.3, -0.25) is 4.68 Å². The average Bonchev–Trinajstić information content (AvgIpc) is 2.55. The van der Waals surface area contributed by atoms with Crippen LogP contribution < -0.4 is 5.73 Å². The van der Waals surface area contributed by atoms with Gasteiger partial charge in [-0.1, -0.05) is 30.3 Å². The predicted molar refractivity (Wildman–Crippen MR) is 69.8 cm³/mol. The molecule has 1 heterocycles. The third-order valence-electron chi connectivity index (χ3n) is 3.07. The zero-order chi connectivity index (χ0) is 12.4. The molecular weight excluding hydrogens is 210 g/mol. The number of hydrogen-bond acceptors (Lipinski definition) is 2. The van der Waals surface area contributed by atoms with E-state index >= 15 is 0 Å². The third-order valence-corrected chi connectivity index (χ3v) is 3.07. The van der Waals surface area contributed by atoms with Crippen molar-refractivity contribution in [3.8, 4) is 0 Å². The Balaban J connectivity index is 2.32. The molecule has 0 aliphatic heterocycles. The van der Waals surface area contributed by atoms with E-state index in [2.05, 4.69) is 24.2 Å². The summed E-state index contributed by atoms with van der Waals surface area (Å²) >= 11 is 0. The zero-order valence-electron chi connectivity index (χ0n) is 10.6. The van der Waals surface area contributed by atoms with Gasteiger partial charge in [-0.25, -0.2) is 0 Å². The number of benzene rings is 1. The molecule has 0 fully saturated rings. The SMILES string of the molecule is Cc1nn(Cc2ccccc2)c(C)c1[C@H](C)N. The van der Waals surface area contributed by atoms with E-state index in [1.54, 1.807) is 0 Å². The van der Waals surface area contributed by atoms with Gasteiger partial charge in [0.2, 0.25) is 0 Å². The standard InChI is InChI=1S/C14H19N3/c1-10(15)14-11(2)16-17(12(14)3)9-13-7-5-4-6-8-13/h4-8,10H,9,15H2,1-3H3/t10-/m0/s1. The van der Waals surface area contributed by atoms with Crippen molar-refractivity contribution in [3.63, 3.8) is 0 Å². The molecule has 0 saturated heterocycles. The molecule has 1 atom stereocenters. The van der Waals surface area contributed by atoms with Crippen LogP contribution in [0.4, 0.5) is 0 Å². The van der Waals surface area contributed by atoms with Gasteiger partial charge in [-0.05, 0) is 26.3 Å². The van der Waals surface area contributed by atoms with Gasteiger partial charge in [0.15, 0.2) is 0 Å². The molecule has 3 heteroatoms. The van der Waals surface area contributed by atoms with Crippen LogP contribution in [-0.2, 0) is 6.54 Å². The maximum Gasteiger partial charge on any atom is 0.0662 e. The minimum absolute atomic E-state index is 0.0412. The van der Waals surface area contributed by atoms with Gasteiger partial charge in [0.25, 0.3) is 0 Å². The number of nitrogens with zero attached hydrogens (tertiary/aromatic N) is 2. The molecule has 0 spiro atoms. The fourth-order valence-corrected chi connectivity index (χ4v) is 2.28. The molecule has 0 bridgehead atoms. The van der Waals surface area contributed by atoms with E-state index in [1.807, 2.05) is 36.7 Å². The molecule has 1 aromatic carbocycles. The Morgan fingerprint density at radius 2 is 1.88 bits per heavy atom. The van der Waals surface area contributed by atoms with Crippen LogP contribution in [0.1, 0.15) is 35.5 Å². The van der Waals surface area contributed by atoms with E-state index in [0.717, 1.165) is 12.2 Å². The highest BCUT2D eigenvalue weighted by molar-refractivity contribution is 5.28. The van der Waals surface area contributed by atoms with Crippen molar-refractivity contribution in [1.29, 1.82) is 0 Å². The molecule has 0 aliphatic rings. The predicted octanol–water partition coefficient (Wildman–Crippen LogP) is 2.57. The first-order valence-electron chi connectivity index (χ1n) is 5.93. The second kappa shape index (κ2) is 4.72. The summed E-state index contributed by atoms with van der Waals surface area (Å²) in [5, 5.41) is 4.56. The van der Waals surface area contributed by atoms with Crippen LogP contribution in [0.2, 0.25) is 0 Å². The van der Waals surface area contributed by atoms with Crippen molar-refractivity contribution in [1.82, 2.24) is 9.78 Å². The first kappa shape index (κ1) is 11.9.